The van der Waals surface area contributed by atoms with Crippen molar-refractivity contribution in [2.45, 2.75) is 124 Å². The van der Waals surface area contributed by atoms with E-state index in [4.69, 9.17) is 4.74 Å². The lowest BCUT2D eigenvalue weighted by atomic mass is 9.94. The summed E-state index contributed by atoms with van der Waals surface area (Å²) in [6.07, 6.45) is 13.7. The van der Waals surface area contributed by atoms with E-state index in [1.54, 1.807) is 0 Å². The highest BCUT2D eigenvalue weighted by Crippen LogP contribution is 2.20. The third-order valence-corrected chi connectivity index (χ3v) is 5.42. The Balaban J connectivity index is 3.75. The molecule has 0 rings (SSSR count). The van der Waals surface area contributed by atoms with Crippen LogP contribution in [-0.2, 0) is 14.3 Å². The van der Waals surface area contributed by atoms with Crippen LogP contribution in [0.5, 0.6) is 0 Å². The summed E-state index contributed by atoms with van der Waals surface area (Å²) in [6.45, 7) is 11.5. The molecule has 0 saturated heterocycles. The minimum Gasteiger partial charge on any atom is -0.462 e. The van der Waals surface area contributed by atoms with Gasteiger partial charge in [0.2, 0.25) is 5.91 Å². The SMILES string of the molecule is CCCCCCCCCCCNC(=O)CCC(=O)O[C@H](CC(C)C)[C@H](C)CC. The summed E-state index contributed by atoms with van der Waals surface area (Å²) >= 11 is 0. The molecule has 0 spiro atoms. The molecule has 0 unspecified atom stereocenters. The summed E-state index contributed by atoms with van der Waals surface area (Å²) in [4.78, 5) is 24.0. The fourth-order valence-electron chi connectivity index (χ4n) is 3.32. The van der Waals surface area contributed by atoms with Crippen molar-refractivity contribution in [3.05, 3.63) is 0 Å². The van der Waals surface area contributed by atoms with E-state index in [0.29, 0.717) is 18.4 Å². The average Bonchev–Trinajstić information content (AvgIpc) is 2.66. The van der Waals surface area contributed by atoms with Crippen LogP contribution in [0, 0.1) is 11.8 Å². The van der Waals surface area contributed by atoms with Gasteiger partial charge in [-0.1, -0.05) is 92.4 Å². The predicted molar refractivity (Wildman–Crippen MR) is 118 cm³/mol. The molecule has 0 aliphatic carbocycles. The van der Waals surface area contributed by atoms with Gasteiger partial charge in [0, 0.05) is 13.0 Å². The fraction of sp³-hybridized carbons (Fsp3) is 0.917. The van der Waals surface area contributed by atoms with Gasteiger partial charge >= 0.3 is 5.97 Å². The first-order valence-electron chi connectivity index (χ1n) is 11.9. The van der Waals surface area contributed by atoms with Crippen LogP contribution < -0.4 is 5.32 Å². The zero-order valence-corrected chi connectivity index (χ0v) is 19.4. The van der Waals surface area contributed by atoms with Gasteiger partial charge in [-0.3, -0.25) is 9.59 Å². The van der Waals surface area contributed by atoms with E-state index in [-0.39, 0.29) is 30.8 Å². The molecule has 0 fully saturated rings. The van der Waals surface area contributed by atoms with Crippen LogP contribution in [-0.4, -0.2) is 24.5 Å². The number of carbonyl (C=O) groups excluding carboxylic acids is 2. The van der Waals surface area contributed by atoms with Gasteiger partial charge in [0.25, 0.3) is 0 Å². The summed E-state index contributed by atoms with van der Waals surface area (Å²) in [5.74, 6) is 0.558. The van der Waals surface area contributed by atoms with Gasteiger partial charge in [0.15, 0.2) is 0 Å². The predicted octanol–water partition coefficient (Wildman–Crippen LogP) is 6.42. The molecule has 0 bridgehead atoms. The minimum absolute atomic E-state index is 0.0393. The monoisotopic (exact) mass is 397 g/mol. The first-order chi connectivity index (χ1) is 13.4. The Morgan fingerprint density at radius 1 is 0.821 bits per heavy atom. The Labute approximate surface area is 174 Å². The van der Waals surface area contributed by atoms with Crippen molar-refractivity contribution in [3.8, 4) is 0 Å². The van der Waals surface area contributed by atoms with Crippen molar-refractivity contribution < 1.29 is 14.3 Å². The van der Waals surface area contributed by atoms with E-state index in [2.05, 4.69) is 39.9 Å². The molecule has 166 valence electrons. The molecule has 0 aromatic heterocycles. The van der Waals surface area contributed by atoms with Gasteiger partial charge in [-0.2, -0.15) is 0 Å². The van der Waals surface area contributed by atoms with Crippen LogP contribution in [0.2, 0.25) is 0 Å². The van der Waals surface area contributed by atoms with Crippen LogP contribution in [0.4, 0.5) is 0 Å². The van der Waals surface area contributed by atoms with Crippen LogP contribution >= 0.6 is 0 Å². The number of hydrogen-bond donors (Lipinski definition) is 1. The zero-order valence-electron chi connectivity index (χ0n) is 19.4. The number of nitrogens with one attached hydrogen (secondary N) is 1. The topological polar surface area (TPSA) is 55.4 Å². The van der Waals surface area contributed by atoms with Gasteiger partial charge in [0.1, 0.15) is 6.10 Å². The van der Waals surface area contributed by atoms with Gasteiger partial charge in [-0.25, -0.2) is 0 Å². The van der Waals surface area contributed by atoms with Gasteiger partial charge < -0.3 is 10.1 Å². The van der Waals surface area contributed by atoms with E-state index in [9.17, 15) is 9.59 Å². The summed E-state index contributed by atoms with van der Waals surface area (Å²) < 4.78 is 5.65. The Morgan fingerprint density at radius 2 is 1.39 bits per heavy atom. The Hall–Kier alpha value is -1.06. The summed E-state index contributed by atoms with van der Waals surface area (Å²) in [6, 6.07) is 0. The third-order valence-electron chi connectivity index (χ3n) is 5.42. The molecule has 2 atom stereocenters. The Bertz CT molecular complexity index is 395. The first-order valence-corrected chi connectivity index (χ1v) is 11.9. The normalized spacial score (nSPS) is 13.4. The standard InChI is InChI=1S/C24H47NO3/c1-6-8-9-10-11-12-13-14-15-18-25-23(26)16-17-24(27)28-22(19-20(3)4)21(5)7-2/h20-22H,6-19H2,1-5H3,(H,25,26)/t21-,22-/m1/s1. The Kier molecular flexibility index (Phi) is 17.3. The maximum absolute atomic E-state index is 12.1. The zero-order chi connectivity index (χ0) is 21.2. The number of unbranched alkanes of at least 4 members (excludes halogenated alkanes) is 8. The lowest BCUT2D eigenvalue weighted by Gasteiger charge is -2.25. The minimum atomic E-state index is -0.246. The number of carbonyl (C=O) groups is 2. The van der Waals surface area contributed by atoms with Crippen molar-refractivity contribution in [1.82, 2.24) is 5.32 Å². The number of amides is 1. The molecular weight excluding hydrogens is 350 g/mol. The average molecular weight is 398 g/mol. The van der Waals surface area contributed by atoms with Crippen molar-refractivity contribution in [2.24, 2.45) is 11.8 Å². The fourth-order valence-corrected chi connectivity index (χ4v) is 3.32. The van der Waals surface area contributed by atoms with Gasteiger partial charge in [0.05, 0.1) is 6.42 Å². The molecule has 0 aromatic rings. The molecule has 0 saturated carbocycles. The maximum Gasteiger partial charge on any atom is 0.306 e. The molecule has 0 radical (unpaired) electrons. The second-order valence-electron chi connectivity index (χ2n) is 8.72. The lowest BCUT2D eigenvalue weighted by molar-refractivity contribution is -0.153. The van der Waals surface area contributed by atoms with E-state index >= 15 is 0 Å². The van der Waals surface area contributed by atoms with Crippen molar-refractivity contribution in [2.75, 3.05) is 6.54 Å². The molecule has 4 heteroatoms. The van der Waals surface area contributed by atoms with Crippen LogP contribution in [0.15, 0.2) is 0 Å². The molecule has 0 aromatic carbocycles. The second kappa shape index (κ2) is 18.0. The van der Waals surface area contributed by atoms with E-state index in [1.165, 1.54) is 51.4 Å². The van der Waals surface area contributed by atoms with Crippen molar-refractivity contribution in [1.29, 1.82) is 0 Å². The van der Waals surface area contributed by atoms with Crippen molar-refractivity contribution in [3.63, 3.8) is 0 Å². The van der Waals surface area contributed by atoms with Gasteiger partial charge in [-0.15, -0.1) is 0 Å². The third kappa shape index (κ3) is 15.9. The molecule has 0 heterocycles. The number of ether oxygens (including phenoxy) is 1. The smallest absolute Gasteiger partial charge is 0.306 e. The second-order valence-corrected chi connectivity index (χ2v) is 8.72. The summed E-state index contributed by atoms with van der Waals surface area (Å²) in [5, 5.41) is 2.93. The highest BCUT2D eigenvalue weighted by atomic mass is 16.5. The lowest BCUT2D eigenvalue weighted by Crippen LogP contribution is -2.28. The van der Waals surface area contributed by atoms with Crippen LogP contribution in [0.25, 0.3) is 0 Å². The van der Waals surface area contributed by atoms with Crippen LogP contribution in [0.1, 0.15) is 118 Å². The first kappa shape index (κ1) is 26.9. The van der Waals surface area contributed by atoms with Gasteiger partial charge in [-0.05, 0) is 24.7 Å². The number of rotatable bonds is 18. The molecule has 0 aliphatic rings. The molecule has 1 N–H and O–H groups in total. The molecular formula is C24H47NO3. The van der Waals surface area contributed by atoms with Crippen LogP contribution in [0.3, 0.4) is 0 Å². The van der Waals surface area contributed by atoms with Crippen molar-refractivity contribution >= 4 is 11.9 Å². The molecule has 1 amide bonds. The van der Waals surface area contributed by atoms with E-state index in [0.717, 1.165) is 19.3 Å². The summed E-state index contributed by atoms with van der Waals surface area (Å²) in [7, 11) is 0. The molecule has 28 heavy (non-hydrogen) atoms. The number of esters is 1. The quantitative estimate of drug-likeness (QED) is 0.214. The highest BCUT2D eigenvalue weighted by Gasteiger charge is 2.21. The molecule has 4 nitrogen and oxygen atoms in total. The van der Waals surface area contributed by atoms with E-state index in [1.807, 2.05) is 0 Å². The largest absolute Gasteiger partial charge is 0.462 e. The summed E-state index contributed by atoms with van der Waals surface area (Å²) in [5.41, 5.74) is 0. The molecule has 0 aliphatic heterocycles. The number of hydrogen-bond acceptors (Lipinski definition) is 3. The Morgan fingerprint density at radius 3 is 1.93 bits per heavy atom. The maximum atomic E-state index is 12.1. The van der Waals surface area contributed by atoms with E-state index < -0.39 is 0 Å². The highest BCUT2D eigenvalue weighted by molar-refractivity contribution is 5.81.